The molecular weight excluding hydrogens is 514 g/mol. The number of nitrogens with zero attached hydrogens (tertiary/aromatic N) is 2. The second-order valence-electron chi connectivity index (χ2n) is 10.7. The van der Waals surface area contributed by atoms with Crippen LogP contribution in [0.25, 0.3) is 0 Å². The molecule has 0 spiro atoms. The van der Waals surface area contributed by atoms with Crippen molar-refractivity contribution in [2.75, 3.05) is 48.4 Å². The first kappa shape index (κ1) is 31.3. The average Bonchev–Trinajstić information content (AvgIpc) is 2.90. The zero-order chi connectivity index (χ0) is 29.9. The number of Topliss-reactive ketones (excluding diaryl/α,β-unsaturated/α-hetero) is 2. The molecule has 2 unspecified atom stereocenters. The van der Waals surface area contributed by atoms with E-state index in [1.807, 2.05) is 20.9 Å². The lowest BCUT2D eigenvalue weighted by molar-refractivity contribution is -0.120. The number of benzene rings is 1. The summed E-state index contributed by atoms with van der Waals surface area (Å²) < 4.78 is 22.5. The van der Waals surface area contributed by atoms with E-state index in [4.69, 9.17) is 18.9 Å². The van der Waals surface area contributed by atoms with Gasteiger partial charge in [-0.3, -0.25) is 24.2 Å². The summed E-state index contributed by atoms with van der Waals surface area (Å²) in [5, 5.41) is 2.94. The first-order chi connectivity index (χ1) is 18.9. The largest absolute Gasteiger partial charge is 0.493 e. The van der Waals surface area contributed by atoms with Gasteiger partial charge >= 0.3 is 0 Å². The van der Waals surface area contributed by atoms with Gasteiger partial charge in [-0.15, -0.1) is 0 Å². The van der Waals surface area contributed by atoms with Crippen LogP contribution in [0.15, 0.2) is 28.5 Å². The van der Waals surface area contributed by atoms with Crippen molar-refractivity contribution >= 4 is 17.5 Å². The molecule has 0 bridgehead atoms. The third-order valence-corrected chi connectivity index (χ3v) is 8.06. The van der Waals surface area contributed by atoms with E-state index in [0.717, 1.165) is 16.7 Å². The molecule has 1 saturated heterocycles. The zero-order valence-corrected chi connectivity index (χ0v) is 25.4. The minimum absolute atomic E-state index is 0.0273. The maximum atomic E-state index is 13.6. The quantitative estimate of drug-likeness (QED) is 0.343. The number of piperazine rings is 1. The van der Waals surface area contributed by atoms with Gasteiger partial charge in [-0.25, -0.2) is 0 Å². The molecule has 3 rings (SSSR count). The summed E-state index contributed by atoms with van der Waals surface area (Å²) in [6, 6.07) is 1.57. The van der Waals surface area contributed by atoms with Crippen LogP contribution >= 0.6 is 0 Å². The average molecular weight is 558 g/mol. The number of likely N-dealkylation sites (N-methyl/N-ethyl adjacent to an activating group) is 1. The lowest BCUT2D eigenvalue weighted by Crippen LogP contribution is -2.60. The maximum Gasteiger partial charge on any atom is 0.224 e. The van der Waals surface area contributed by atoms with Crippen molar-refractivity contribution < 1.29 is 33.3 Å². The summed E-state index contributed by atoms with van der Waals surface area (Å²) in [5.41, 5.74) is 3.95. The summed E-state index contributed by atoms with van der Waals surface area (Å²) in [6.45, 7) is 11.9. The molecule has 1 heterocycles. The molecular formula is C30H43N3O7. The number of carbonyl (C=O) groups excluding carboxylic acids is 3. The highest BCUT2D eigenvalue weighted by molar-refractivity contribution is 6.24. The normalized spacial score (nSPS) is 22.6. The lowest BCUT2D eigenvalue weighted by atomic mass is 9.80. The van der Waals surface area contributed by atoms with Gasteiger partial charge in [-0.1, -0.05) is 6.07 Å². The van der Waals surface area contributed by atoms with Gasteiger partial charge in [0.15, 0.2) is 29.8 Å². The van der Waals surface area contributed by atoms with Crippen LogP contribution in [0.4, 0.5) is 0 Å². The first-order valence-corrected chi connectivity index (χ1v) is 13.4. The Bertz CT molecular complexity index is 1240. The number of methoxy groups -OCH3 is 3. The molecule has 10 heteroatoms. The third-order valence-electron chi connectivity index (χ3n) is 8.06. The van der Waals surface area contributed by atoms with E-state index in [1.54, 1.807) is 28.1 Å². The standard InChI is InChI=1S/C30H43N3O7/c1-16-11-17(2)28(38-9)30(40-15-37-8)24(16)25-23(33(14-31-21(6)34)13-18(3)32(25)7)12-22-19(4)27(36)29(39-10)20(5)26(22)35/h11,18,23,25H,12-15H2,1-10H3,(H,31,34)/t18?,23?,25-/m0/s1. The summed E-state index contributed by atoms with van der Waals surface area (Å²) in [7, 11) is 6.62. The molecule has 220 valence electrons. The van der Waals surface area contributed by atoms with Crippen LogP contribution < -0.4 is 14.8 Å². The predicted molar refractivity (Wildman–Crippen MR) is 151 cm³/mol. The Morgan fingerprint density at radius 3 is 2.25 bits per heavy atom. The van der Waals surface area contributed by atoms with E-state index < -0.39 is 0 Å². The van der Waals surface area contributed by atoms with E-state index in [0.29, 0.717) is 34.8 Å². The Labute approximate surface area is 237 Å². The van der Waals surface area contributed by atoms with Crippen molar-refractivity contribution in [3.63, 3.8) is 0 Å². The molecule has 40 heavy (non-hydrogen) atoms. The highest BCUT2D eigenvalue weighted by atomic mass is 16.7. The minimum Gasteiger partial charge on any atom is -0.493 e. The van der Waals surface area contributed by atoms with Crippen molar-refractivity contribution in [2.24, 2.45) is 0 Å². The number of hydrogen-bond acceptors (Lipinski definition) is 9. The van der Waals surface area contributed by atoms with Gasteiger partial charge in [0, 0.05) is 54.9 Å². The number of rotatable bonds is 10. The number of hydrogen-bond donors (Lipinski definition) is 1. The zero-order valence-electron chi connectivity index (χ0n) is 25.4. The topological polar surface area (TPSA) is 107 Å². The highest BCUT2D eigenvalue weighted by Gasteiger charge is 2.44. The van der Waals surface area contributed by atoms with Crippen LogP contribution in [0.1, 0.15) is 56.8 Å². The van der Waals surface area contributed by atoms with E-state index in [1.165, 1.54) is 14.0 Å². The van der Waals surface area contributed by atoms with E-state index >= 15 is 0 Å². The van der Waals surface area contributed by atoms with Crippen LogP contribution in [0.3, 0.4) is 0 Å². The van der Waals surface area contributed by atoms with Crippen molar-refractivity contribution in [1.29, 1.82) is 0 Å². The van der Waals surface area contributed by atoms with Gasteiger partial charge in [-0.05, 0) is 59.2 Å². The Balaban J connectivity index is 2.25. The molecule has 1 fully saturated rings. The molecule has 1 amide bonds. The van der Waals surface area contributed by atoms with Gasteiger partial charge in [0.1, 0.15) is 0 Å². The second-order valence-corrected chi connectivity index (χ2v) is 10.7. The summed E-state index contributed by atoms with van der Waals surface area (Å²) in [5.74, 6) is 0.631. The third kappa shape index (κ3) is 5.94. The molecule has 0 aromatic heterocycles. The molecule has 2 aliphatic rings. The molecule has 1 aromatic rings. The summed E-state index contributed by atoms with van der Waals surface area (Å²) >= 11 is 0. The Morgan fingerprint density at radius 2 is 1.68 bits per heavy atom. The predicted octanol–water partition coefficient (Wildman–Crippen LogP) is 3.21. The van der Waals surface area contributed by atoms with Gasteiger partial charge in [-0.2, -0.15) is 0 Å². The first-order valence-electron chi connectivity index (χ1n) is 13.4. The molecule has 0 radical (unpaired) electrons. The Morgan fingerprint density at radius 1 is 1.00 bits per heavy atom. The molecule has 10 nitrogen and oxygen atoms in total. The Hall–Kier alpha value is -3.21. The van der Waals surface area contributed by atoms with Gasteiger partial charge < -0.3 is 24.3 Å². The SMILES string of the molecule is COCOc1c(OC)c(C)cc(C)c1[C@@H]1C(CC2=C(C)C(=O)C(OC)=C(C)C2=O)N(CNC(C)=O)CC(C)N1C. The van der Waals surface area contributed by atoms with Crippen LogP contribution in [-0.2, 0) is 23.9 Å². The van der Waals surface area contributed by atoms with Crippen LogP contribution in [0.5, 0.6) is 11.5 Å². The van der Waals surface area contributed by atoms with Crippen molar-refractivity contribution in [1.82, 2.24) is 15.1 Å². The number of allylic oxidation sites excluding steroid dienone is 2. The molecule has 1 N–H and O–H groups in total. The van der Waals surface area contributed by atoms with Crippen molar-refractivity contribution in [2.45, 2.75) is 66.1 Å². The molecule has 1 aliphatic heterocycles. The molecule has 0 saturated carbocycles. The molecule has 1 aromatic carbocycles. The van der Waals surface area contributed by atoms with Crippen LogP contribution in [0.2, 0.25) is 0 Å². The van der Waals surface area contributed by atoms with Crippen LogP contribution in [0, 0.1) is 13.8 Å². The summed E-state index contributed by atoms with van der Waals surface area (Å²) in [6.07, 6.45) is 0.283. The van der Waals surface area contributed by atoms with E-state index in [2.05, 4.69) is 28.1 Å². The van der Waals surface area contributed by atoms with Gasteiger partial charge in [0.05, 0.1) is 26.9 Å². The monoisotopic (exact) mass is 557 g/mol. The summed E-state index contributed by atoms with van der Waals surface area (Å²) in [4.78, 5) is 43.1. The molecule has 3 atom stereocenters. The fraction of sp³-hybridized carbons (Fsp3) is 0.567. The van der Waals surface area contributed by atoms with E-state index in [9.17, 15) is 14.4 Å². The number of nitrogens with one attached hydrogen (secondary N) is 1. The van der Waals surface area contributed by atoms with Gasteiger partial charge in [0.2, 0.25) is 11.7 Å². The number of aryl methyl sites for hydroxylation is 2. The number of amides is 1. The Kier molecular flexibility index (Phi) is 10.2. The highest BCUT2D eigenvalue weighted by Crippen LogP contribution is 2.47. The molecule has 1 aliphatic carbocycles. The van der Waals surface area contributed by atoms with Gasteiger partial charge in [0.25, 0.3) is 0 Å². The van der Waals surface area contributed by atoms with Crippen LogP contribution in [-0.4, -0.2) is 87.7 Å². The maximum absolute atomic E-state index is 13.6. The fourth-order valence-electron chi connectivity index (χ4n) is 5.89. The number of ether oxygens (including phenoxy) is 4. The minimum atomic E-state index is -0.303. The van der Waals surface area contributed by atoms with Crippen molar-refractivity contribution in [3.05, 3.63) is 45.2 Å². The smallest absolute Gasteiger partial charge is 0.224 e. The number of ketones is 2. The van der Waals surface area contributed by atoms with E-state index in [-0.39, 0.29) is 61.2 Å². The lowest BCUT2D eigenvalue weighted by Gasteiger charge is -2.51. The van der Waals surface area contributed by atoms with Crippen molar-refractivity contribution in [3.8, 4) is 11.5 Å². The number of carbonyl (C=O) groups is 3. The second kappa shape index (κ2) is 13.0. The fourth-order valence-corrected chi connectivity index (χ4v) is 5.89.